The number of hydrogen-bond donors (Lipinski definition) is 0. The molecule has 9 heteroatoms. The Morgan fingerprint density at radius 2 is 1.72 bits per heavy atom. The summed E-state index contributed by atoms with van der Waals surface area (Å²) in [5, 5.41) is 1.37. The Morgan fingerprint density at radius 3 is 2.48 bits per heavy atom. The molecular weight excluding hydrogens is 428 g/mol. The van der Waals surface area contributed by atoms with E-state index in [1.165, 1.54) is 17.1 Å². The molecule has 1 saturated heterocycles. The van der Waals surface area contributed by atoms with Crippen molar-refractivity contribution in [1.82, 2.24) is 13.7 Å². The Hall–Kier alpha value is -2.00. The average Bonchev–Trinajstić information content (AvgIpc) is 3.03. The van der Waals surface area contributed by atoms with Crippen molar-refractivity contribution in [1.29, 1.82) is 0 Å². The maximum absolute atomic E-state index is 12.9. The van der Waals surface area contributed by atoms with Gasteiger partial charge in [0.2, 0.25) is 15.2 Å². The lowest BCUT2D eigenvalue weighted by Crippen LogP contribution is -2.35. The normalized spacial score (nSPS) is 16.0. The van der Waals surface area contributed by atoms with E-state index in [9.17, 15) is 8.42 Å². The molecule has 3 aromatic rings. The molecule has 4 rings (SSSR count). The predicted octanol–water partition coefficient (Wildman–Crippen LogP) is 3.68. The summed E-state index contributed by atoms with van der Waals surface area (Å²) < 4.78 is 31.9. The molecule has 0 radical (unpaired) electrons. The second kappa shape index (κ2) is 8.79. The Morgan fingerprint density at radius 1 is 0.966 bits per heavy atom. The van der Waals surface area contributed by atoms with Crippen molar-refractivity contribution in [3.05, 3.63) is 71.0 Å². The minimum Gasteiger partial charge on any atom is -0.345 e. The van der Waals surface area contributed by atoms with Crippen LogP contribution in [0.2, 0.25) is 5.02 Å². The highest BCUT2D eigenvalue weighted by Crippen LogP contribution is 2.23. The standard InChI is InChI=1S/C20H21ClN4O2S2/c21-17-7-9-18(10-8-17)29(26,27)25-12-4-11-24(13-14-25)20-22-19(23-28-20)15-16-5-2-1-3-6-16/h1-3,5-10H,4,11-15H2. The van der Waals surface area contributed by atoms with Gasteiger partial charge in [-0.25, -0.2) is 13.4 Å². The Bertz CT molecular complexity index is 1060. The first-order chi connectivity index (χ1) is 14.0. The number of nitrogens with zero attached hydrogens (tertiary/aromatic N) is 4. The molecule has 0 spiro atoms. The first-order valence-electron chi connectivity index (χ1n) is 9.39. The number of anilines is 1. The lowest BCUT2D eigenvalue weighted by molar-refractivity contribution is 0.433. The van der Waals surface area contributed by atoms with Gasteiger partial charge in [-0.1, -0.05) is 41.9 Å². The third kappa shape index (κ3) is 4.78. The van der Waals surface area contributed by atoms with Crippen LogP contribution in [0.5, 0.6) is 0 Å². The molecule has 0 aliphatic carbocycles. The van der Waals surface area contributed by atoms with Crippen molar-refractivity contribution in [3.8, 4) is 0 Å². The van der Waals surface area contributed by atoms with Gasteiger partial charge < -0.3 is 4.90 Å². The predicted molar refractivity (Wildman–Crippen MR) is 116 cm³/mol. The summed E-state index contributed by atoms with van der Waals surface area (Å²) in [7, 11) is -3.53. The zero-order chi connectivity index (χ0) is 20.3. The fourth-order valence-electron chi connectivity index (χ4n) is 3.30. The quantitative estimate of drug-likeness (QED) is 0.595. The summed E-state index contributed by atoms with van der Waals surface area (Å²) in [4.78, 5) is 7.08. The number of halogens is 1. The monoisotopic (exact) mass is 448 g/mol. The lowest BCUT2D eigenvalue weighted by atomic mass is 10.1. The molecule has 0 amide bonds. The second-order valence-electron chi connectivity index (χ2n) is 6.85. The van der Waals surface area contributed by atoms with Crippen LogP contribution in [-0.2, 0) is 16.4 Å². The zero-order valence-electron chi connectivity index (χ0n) is 15.7. The van der Waals surface area contributed by atoms with Crippen LogP contribution in [-0.4, -0.2) is 48.3 Å². The number of benzene rings is 2. The van der Waals surface area contributed by atoms with Crippen molar-refractivity contribution in [3.63, 3.8) is 0 Å². The van der Waals surface area contributed by atoms with E-state index in [4.69, 9.17) is 11.6 Å². The molecule has 1 fully saturated rings. The third-order valence-electron chi connectivity index (χ3n) is 4.84. The summed E-state index contributed by atoms with van der Waals surface area (Å²) >= 11 is 7.26. The molecule has 0 unspecified atom stereocenters. The molecular formula is C20H21ClN4O2S2. The van der Waals surface area contributed by atoms with E-state index in [0.29, 0.717) is 31.1 Å². The number of hydrogen-bond acceptors (Lipinski definition) is 6. The molecule has 0 bridgehead atoms. The van der Waals surface area contributed by atoms with E-state index in [-0.39, 0.29) is 4.90 Å². The van der Waals surface area contributed by atoms with Crippen LogP contribution < -0.4 is 4.90 Å². The minimum absolute atomic E-state index is 0.274. The summed E-state index contributed by atoms with van der Waals surface area (Å²) in [5.74, 6) is 0.797. The fourth-order valence-corrected chi connectivity index (χ4v) is 5.64. The Kier molecular flexibility index (Phi) is 6.15. The van der Waals surface area contributed by atoms with Crippen molar-refractivity contribution >= 4 is 38.3 Å². The number of rotatable bonds is 5. The third-order valence-corrected chi connectivity index (χ3v) is 7.82. The highest BCUT2D eigenvalue weighted by atomic mass is 35.5. The molecule has 0 saturated carbocycles. The molecule has 0 atom stereocenters. The van der Waals surface area contributed by atoms with Crippen molar-refractivity contribution in [2.24, 2.45) is 0 Å². The molecule has 0 N–H and O–H groups in total. The number of sulfonamides is 1. The summed E-state index contributed by atoms with van der Waals surface area (Å²) in [6.07, 6.45) is 1.43. The molecule has 2 aromatic carbocycles. The smallest absolute Gasteiger partial charge is 0.243 e. The van der Waals surface area contributed by atoms with Crippen LogP contribution in [0, 0.1) is 0 Å². The van der Waals surface area contributed by atoms with Crippen LogP contribution in [0.25, 0.3) is 0 Å². The summed E-state index contributed by atoms with van der Waals surface area (Å²) in [5.41, 5.74) is 1.17. The van der Waals surface area contributed by atoms with Crippen LogP contribution in [0.1, 0.15) is 17.8 Å². The molecule has 1 aliphatic heterocycles. The minimum atomic E-state index is -3.53. The van der Waals surface area contributed by atoms with E-state index in [2.05, 4.69) is 26.4 Å². The van der Waals surface area contributed by atoms with Gasteiger partial charge in [0.25, 0.3) is 0 Å². The van der Waals surface area contributed by atoms with Gasteiger partial charge in [0.1, 0.15) is 5.82 Å². The number of aromatic nitrogens is 2. The molecule has 2 heterocycles. The van der Waals surface area contributed by atoms with Gasteiger partial charge in [-0.05, 0) is 36.2 Å². The van der Waals surface area contributed by atoms with Crippen LogP contribution >= 0.6 is 23.1 Å². The fraction of sp³-hybridized carbons (Fsp3) is 0.300. The van der Waals surface area contributed by atoms with Crippen LogP contribution in [0.3, 0.4) is 0 Å². The highest BCUT2D eigenvalue weighted by Gasteiger charge is 2.27. The SMILES string of the molecule is O=S(=O)(c1ccc(Cl)cc1)N1CCCN(c2nc(Cc3ccccc3)ns2)CC1. The van der Waals surface area contributed by atoms with Gasteiger partial charge in [-0.2, -0.15) is 8.68 Å². The Balaban J connectivity index is 1.43. The topological polar surface area (TPSA) is 66.4 Å². The lowest BCUT2D eigenvalue weighted by Gasteiger charge is -2.21. The van der Waals surface area contributed by atoms with Crippen molar-refractivity contribution < 1.29 is 8.42 Å². The average molecular weight is 449 g/mol. The van der Waals surface area contributed by atoms with Crippen molar-refractivity contribution in [2.75, 3.05) is 31.1 Å². The summed E-state index contributed by atoms with van der Waals surface area (Å²) in [6.45, 7) is 2.25. The maximum Gasteiger partial charge on any atom is 0.243 e. The maximum atomic E-state index is 12.9. The van der Waals surface area contributed by atoms with Crippen molar-refractivity contribution in [2.45, 2.75) is 17.7 Å². The molecule has 6 nitrogen and oxygen atoms in total. The van der Waals surface area contributed by atoms with Crippen LogP contribution in [0.15, 0.2) is 59.5 Å². The van der Waals surface area contributed by atoms with Gasteiger partial charge in [0.15, 0.2) is 0 Å². The Labute approximate surface area is 180 Å². The molecule has 152 valence electrons. The largest absolute Gasteiger partial charge is 0.345 e. The van der Waals surface area contributed by atoms with E-state index in [1.54, 1.807) is 28.6 Å². The van der Waals surface area contributed by atoms with Gasteiger partial charge in [-0.3, -0.25) is 0 Å². The van der Waals surface area contributed by atoms with Gasteiger partial charge in [0.05, 0.1) is 4.90 Å². The first kappa shape index (κ1) is 20.3. The van der Waals surface area contributed by atoms with Gasteiger partial charge in [0, 0.05) is 49.2 Å². The van der Waals surface area contributed by atoms with E-state index >= 15 is 0 Å². The highest BCUT2D eigenvalue weighted by molar-refractivity contribution is 7.89. The summed E-state index contributed by atoms with van der Waals surface area (Å²) in [6, 6.07) is 16.5. The molecule has 1 aromatic heterocycles. The second-order valence-corrected chi connectivity index (χ2v) is 9.96. The zero-order valence-corrected chi connectivity index (χ0v) is 18.1. The molecule has 29 heavy (non-hydrogen) atoms. The van der Waals surface area contributed by atoms with Gasteiger partial charge >= 0.3 is 0 Å². The first-order valence-corrected chi connectivity index (χ1v) is 12.0. The van der Waals surface area contributed by atoms with Gasteiger partial charge in [-0.15, -0.1) is 0 Å². The molecule has 1 aliphatic rings. The van der Waals surface area contributed by atoms with E-state index in [1.807, 2.05) is 18.2 Å². The van der Waals surface area contributed by atoms with E-state index < -0.39 is 10.0 Å². The van der Waals surface area contributed by atoms with Crippen LogP contribution in [0.4, 0.5) is 5.13 Å². The van der Waals surface area contributed by atoms with E-state index in [0.717, 1.165) is 23.9 Å².